The van der Waals surface area contributed by atoms with Gasteiger partial charge in [-0.25, -0.2) is 5.01 Å². The van der Waals surface area contributed by atoms with Crippen molar-refractivity contribution < 1.29 is 9.72 Å². The molecule has 23 heavy (non-hydrogen) atoms. The number of para-hydroxylation sites is 1. The van der Waals surface area contributed by atoms with E-state index in [0.29, 0.717) is 17.7 Å². The fraction of sp³-hybridized carbons (Fsp3) is 0.176. The Labute approximate surface area is 133 Å². The van der Waals surface area contributed by atoms with Crippen molar-refractivity contribution >= 4 is 17.3 Å². The van der Waals surface area contributed by atoms with E-state index in [4.69, 9.17) is 0 Å². The Morgan fingerprint density at radius 2 is 1.83 bits per heavy atom. The van der Waals surface area contributed by atoms with E-state index < -0.39 is 4.92 Å². The third-order valence-electron chi connectivity index (χ3n) is 3.83. The number of rotatable bonds is 3. The van der Waals surface area contributed by atoms with E-state index in [1.165, 1.54) is 18.0 Å². The number of hydrazone groups is 1. The van der Waals surface area contributed by atoms with Crippen molar-refractivity contribution in [2.75, 3.05) is 0 Å². The van der Waals surface area contributed by atoms with Crippen LogP contribution in [0.1, 0.15) is 30.5 Å². The summed E-state index contributed by atoms with van der Waals surface area (Å²) in [5, 5.41) is 17.0. The summed E-state index contributed by atoms with van der Waals surface area (Å²) in [5.74, 6) is -0.188. The molecule has 3 rings (SSSR count). The van der Waals surface area contributed by atoms with E-state index in [1.807, 2.05) is 30.3 Å². The average molecular weight is 309 g/mol. The highest BCUT2D eigenvalue weighted by molar-refractivity contribution is 6.06. The highest BCUT2D eigenvalue weighted by Gasteiger charge is 2.33. The molecule has 0 saturated heterocycles. The molecule has 1 aliphatic heterocycles. The SMILES string of the molecule is CC(=O)N1N=C(c2ccccc2[N+](=O)[O-])C[C@@H]1c1ccccc1. The second-order valence-corrected chi connectivity index (χ2v) is 5.32. The van der Waals surface area contributed by atoms with Gasteiger partial charge in [0, 0.05) is 19.4 Å². The van der Waals surface area contributed by atoms with Crippen molar-refractivity contribution in [3.8, 4) is 0 Å². The zero-order chi connectivity index (χ0) is 16.4. The Kier molecular flexibility index (Phi) is 3.89. The van der Waals surface area contributed by atoms with Crippen LogP contribution in [0.2, 0.25) is 0 Å². The average Bonchev–Trinajstić information content (AvgIpc) is 3.01. The van der Waals surface area contributed by atoms with Gasteiger partial charge in [0.2, 0.25) is 5.91 Å². The molecular weight excluding hydrogens is 294 g/mol. The van der Waals surface area contributed by atoms with Crippen molar-refractivity contribution in [2.24, 2.45) is 5.10 Å². The number of amides is 1. The molecule has 116 valence electrons. The van der Waals surface area contributed by atoms with Crippen LogP contribution in [0, 0.1) is 10.1 Å². The highest BCUT2D eigenvalue weighted by atomic mass is 16.6. The molecule has 0 radical (unpaired) electrons. The molecule has 1 atom stereocenters. The van der Waals surface area contributed by atoms with Crippen molar-refractivity contribution in [3.63, 3.8) is 0 Å². The van der Waals surface area contributed by atoms with Crippen LogP contribution in [0.15, 0.2) is 59.7 Å². The van der Waals surface area contributed by atoms with E-state index in [0.717, 1.165) is 5.56 Å². The molecule has 0 bridgehead atoms. The van der Waals surface area contributed by atoms with Gasteiger partial charge in [-0.2, -0.15) is 5.10 Å². The maximum atomic E-state index is 11.9. The summed E-state index contributed by atoms with van der Waals surface area (Å²) < 4.78 is 0. The minimum absolute atomic E-state index is 0.00321. The van der Waals surface area contributed by atoms with Crippen molar-refractivity contribution in [1.29, 1.82) is 0 Å². The van der Waals surface area contributed by atoms with Crippen molar-refractivity contribution in [3.05, 3.63) is 75.8 Å². The van der Waals surface area contributed by atoms with Crippen LogP contribution in [0.25, 0.3) is 0 Å². The lowest BCUT2D eigenvalue weighted by molar-refractivity contribution is -0.385. The predicted molar refractivity (Wildman–Crippen MR) is 86.0 cm³/mol. The number of nitro benzene ring substituents is 1. The van der Waals surface area contributed by atoms with Gasteiger partial charge in [-0.1, -0.05) is 42.5 Å². The molecule has 0 spiro atoms. The quantitative estimate of drug-likeness (QED) is 0.645. The summed E-state index contributed by atoms with van der Waals surface area (Å²) >= 11 is 0. The molecule has 2 aromatic rings. The molecule has 6 nitrogen and oxygen atoms in total. The molecule has 1 amide bonds. The first kappa shape index (κ1) is 14.9. The summed E-state index contributed by atoms with van der Waals surface area (Å²) in [6.45, 7) is 1.45. The fourth-order valence-corrected chi connectivity index (χ4v) is 2.77. The second kappa shape index (κ2) is 6.00. The van der Waals surface area contributed by atoms with Gasteiger partial charge in [-0.3, -0.25) is 14.9 Å². The predicted octanol–water partition coefficient (Wildman–Crippen LogP) is 3.29. The summed E-state index contributed by atoms with van der Waals surface area (Å²) in [7, 11) is 0. The summed E-state index contributed by atoms with van der Waals surface area (Å²) in [5.41, 5.74) is 1.98. The Bertz CT molecular complexity index is 787. The molecule has 2 aromatic carbocycles. The summed E-state index contributed by atoms with van der Waals surface area (Å²) in [6.07, 6.45) is 0.453. The molecule has 0 saturated carbocycles. The molecule has 0 aliphatic carbocycles. The Morgan fingerprint density at radius 1 is 1.17 bits per heavy atom. The van der Waals surface area contributed by atoms with Crippen LogP contribution in [-0.2, 0) is 4.79 Å². The minimum Gasteiger partial charge on any atom is -0.273 e. The molecule has 0 aromatic heterocycles. The van der Waals surface area contributed by atoms with E-state index in [1.54, 1.807) is 18.2 Å². The highest BCUT2D eigenvalue weighted by Crippen LogP contribution is 2.34. The zero-order valence-corrected chi connectivity index (χ0v) is 12.5. The van der Waals surface area contributed by atoms with Gasteiger partial charge in [0.05, 0.1) is 22.2 Å². The maximum Gasteiger partial charge on any atom is 0.278 e. The fourth-order valence-electron chi connectivity index (χ4n) is 2.77. The molecule has 0 fully saturated rings. The van der Waals surface area contributed by atoms with Crippen molar-refractivity contribution in [1.82, 2.24) is 5.01 Å². The zero-order valence-electron chi connectivity index (χ0n) is 12.5. The smallest absolute Gasteiger partial charge is 0.273 e. The lowest BCUT2D eigenvalue weighted by Gasteiger charge is -2.20. The maximum absolute atomic E-state index is 11.9. The number of carbonyl (C=O) groups excluding carboxylic acids is 1. The number of carbonyl (C=O) groups is 1. The van der Waals surface area contributed by atoms with Crippen LogP contribution in [0.3, 0.4) is 0 Å². The topological polar surface area (TPSA) is 75.8 Å². The van der Waals surface area contributed by atoms with Gasteiger partial charge in [0.15, 0.2) is 0 Å². The molecule has 1 heterocycles. The monoisotopic (exact) mass is 309 g/mol. The molecule has 0 unspecified atom stereocenters. The third kappa shape index (κ3) is 2.83. The number of benzene rings is 2. The number of hydrogen-bond acceptors (Lipinski definition) is 4. The molecule has 6 heteroatoms. The van der Waals surface area contributed by atoms with Crippen LogP contribution >= 0.6 is 0 Å². The first-order chi connectivity index (χ1) is 11.1. The number of hydrogen-bond donors (Lipinski definition) is 0. The first-order valence-corrected chi connectivity index (χ1v) is 7.24. The summed E-state index contributed by atoms with van der Waals surface area (Å²) in [4.78, 5) is 22.7. The Hall–Kier alpha value is -3.02. The molecular formula is C17H15N3O3. The lowest BCUT2D eigenvalue weighted by atomic mass is 9.97. The second-order valence-electron chi connectivity index (χ2n) is 5.32. The van der Waals surface area contributed by atoms with Gasteiger partial charge in [-0.05, 0) is 11.6 Å². The Morgan fingerprint density at radius 3 is 2.48 bits per heavy atom. The normalized spacial score (nSPS) is 17.0. The molecule has 1 aliphatic rings. The van der Waals surface area contributed by atoms with E-state index >= 15 is 0 Å². The number of nitrogens with zero attached hydrogens (tertiary/aromatic N) is 3. The summed E-state index contributed by atoms with van der Waals surface area (Å²) in [6, 6.07) is 15.8. The van der Waals surface area contributed by atoms with Crippen LogP contribution in [-0.4, -0.2) is 21.6 Å². The van der Waals surface area contributed by atoms with E-state index in [9.17, 15) is 14.9 Å². The Balaban J connectivity index is 2.01. The number of nitro groups is 1. The van der Waals surface area contributed by atoms with Gasteiger partial charge >= 0.3 is 0 Å². The van der Waals surface area contributed by atoms with E-state index in [2.05, 4.69) is 5.10 Å². The minimum atomic E-state index is -0.425. The lowest BCUT2D eigenvalue weighted by Crippen LogP contribution is -2.24. The first-order valence-electron chi connectivity index (χ1n) is 7.24. The van der Waals surface area contributed by atoms with Gasteiger partial charge < -0.3 is 0 Å². The van der Waals surface area contributed by atoms with Crippen LogP contribution in [0.4, 0.5) is 5.69 Å². The van der Waals surface area contributed by atoms with Gasteiger partial charge in [-0.15, -0.1) is 0 Å². The van der Waals surface area contributed by atoms with Gasteiger partial charge in [0.25, 0.3) is 5.69 Å². The van der Waals surface area contributed by atoms with Gasteiger partial charge in [0.1, 0.15) is 0 Å². The standard InChI is InChI=1S/C17H15N3O3/c1-12(21)19-17(13-7-3-2-4-8-13)11-15(18-19)14-9-5-6-10-16(14)20(22)23/h2-10,17H,11H2,1H3/t17-/m1/s1. The van der Waals surface area contributed by atoms with Crippen molar-refractivity contribution in [2.45, 2.75) is 19.4 Å². The third-order valence-corrected chi connectivity index (χ3v) is 3.83. The largest absolute Gasteiger partial charge is 0.278 e. The van der Waals surface area contributed by atoms with Crippen LogP contribution in [0.5, 0.6) is 0 Å². The molecule has 0 N–H and O–H groups in total. The van der Waals surface area contributed by atoms with Crippen LogP contribution < -0.4 is 0 Å². The van der Waals surface area contributed by atoms with E-state index in [-0.39, 0.29) is 17.6 Å².